The maximum atomic E-state index is 13.0. The molecule has 10 heteroatoms. The van der Waals surface area contributed by atoms with Gasteiger partial charge in [0, 0.05) is 10.7 Å². The van der Waals surface area contributed by atoms with E-state index in [-0.39, 0.29) is 11.4 Å². The monoisotopic (exact) mass is 662 g/mol. The Kier molecular flexibility index (Phi) is 9.01. The van der Waals surface area contributed by atoms with Crippen LogP contribution in [0.3, 0.4) is 0 Å². The van der Waals surface area contributed by atoms with Gasteiger partial charge in [0.15, 0.2) is 11.5 Å². The molecule has 0 spiro atoms. The summed E-state index contributed by atoms with van der Waals surface area (Å²) in [7, 11) is 1.53. The van der Waals surface area contributed by atoms with Crippen molar-refractivity contribution in [1.82, 2.24) is 4.90 Å². The second-order valence-electron chi connectivity index (χ2n) is 8.58. The van der Waals surface area contributed by atoms with Gasteiger partial charge in [-0.1, -0.05) is 41.4 Å². The smallest absolute Gasteiger partial charge is 0.294 e. The summed E-state index contributed by atoms with van der Waals surface area (Å²) >= 11 is 8.88. The van der Waals surface area contributed by atoms with Gasteiger partial charge in [-0.25, -0.2) is 0 Å². The van der Waals surface area contributed by atoms with Crippen LogP contribution in [0.2, 0.25) is 5.02 Å². The maximum Gasteiger partial charge on any atom is 0.294 e. The molecular weight excluding hydrogens is 639 g/mol. The van der Waals surface area contributed by atoms with Crippen molar-refractivity contribution in [2.45, 2.75) is 20.5 Å². The van der Waals surface area contributed by atoms with Gasteiger partial charge in [0.2, 0.25) is 5.91 Å². The van der Waals surface area contributed by atoms with Crippen LogP contribution in [0.4, 0.5) is 10.5 Å². The number of nitrogens with one attached hydrogen (secondary N) is 1. The van der Waals surface area contributed by atoms with E-state index in [2.05, 4.69) is 27.9 Å². The Labute approximate surface area is 243 Å². The van der Waals surface area contributed by atoms with Gasteiger partial charge < -0.3 is 14.8 Å². The quantitative estimate of drug-likeness (QED) is 0.211. The standard InChI is InChI=1S/C28H24ClIN2O5S/c1-16-4-9-22(17(2)10-16)31-25(33)14-32-27(34)24(38-28(32)35)13-19-11-21(30)26(23(12-19)36-3)37-15-18-5-7-20(29)8-6-18/h4-13H,14-15H2,1-3H3,(H,31,33)/b24-13+. The predicted octanol–water partition coefficient (Wildman–Crippen LogP) is 6.82. The fourth-order valence-electron chi connectivity index (χ4n) is 3.77. The zero-order valence-corrected chi connectivity index (χ0v) is 24.6. The number of thioether (sulfide) groups is 1. The van der Waals surface area contributed by atoms with E-state index in [1.54, 1.807) is 30.3 Å². The summed E-state index contributed by atoms with van der Waals surface area (Å²) in [6, 6.07) is 16.6. The number of hydrogen-bond acceptors (Lipinski definition) is 6. The summed E-state index contributed by atoms with van der Waals surface area (Å²) < 4.78 is 12.3. The van der Waals surface area contributed by atoms with E-state index in [1.165, 1.54) is 7.11 Å². The normalized spacial score (nSPS) is 14.2. The summed E-state index contributed by atoms with van der Waals surface area (Å²) in [6.07, 6.45) is 1.61. The Balaban J connectivity index is 1.46. The zero-order chi connectivity index (χ0) is 27.4. The average molecular weight is 663 g/mol. The highest BCUT2D eigenvalue weighted by Crippen LogP contribution is 2.37. The molecule has 1 heterocycles. The SMILES string of the molecule is COc1cc(/C=C2/SC(=O)N(CC(=O)Nc3ccc(C)cc3C)C2=O)cc(I)c1OCc1ccc(Cl)cc1. The van der Waals surface area contributed by atoms with E-state index in [0.29, 0.717) is 34.4 Å². The van der Waals surface area contributed by atoms with Crippen LogP contribution < -0.4 is 14.8 Å². The summed E-state index contributed by atoms with van der Waals surface area (Å²) in [5.74, 6) is 0.0901. The van der Waals surface area contributed by atoms with Gasteiger partial charge in [0.05, 0.1) is 15.6 Å². The van der Waals surface area contributed by atoms with Crippen molar-refractivity contribution in [2.75, 3.05) is 19.0 Å². The molecule has 4 rings (SSSR count). The molecule has 0 saturated carbocycles. The molecule has 7 nitrogen and oxygen atoms in total. The lowest BCUT2D eigenvalue weighted by Crippen LogP contribution is -2.36. The lowest BCUT2D eigenvalue weighted by Gasteiger charge is -2.14. The molecule has 1 aliphatic rings. The molecule has 196 valence electrons. The summed E-state index contributed by atoms with van der Waals surface area (Å²) in [6.45, 7) is 3.80. The molecule has 1 fully saturated rings. The number of carbonyl (C=O) groups excluding carboxylic acids is 3. The highest BCUT2D eigenvalue weighted by atomic mass is 127. The van der Waals surface area contributed by atoms with E-state index in [0.717, 1.165) is 36.9 Å². The van der Waals surface area contributed by atoms with Gasteiger partial charge in [0.1, 0.15) is 13.2 Å². The number of ether oxygens (including phenoxy) is 2. The fourth-order valence-corrected chi connectivity index (χ4v) is 5.52. The number of imide groups is 1. The van der Waals surface area contributed by atoms with Gasteiger partial charge >= 0.3 is 0 Å². The van der Waals surface area contributed by atoms with Gasteiger partial charge in [-0.15, -0.1) is 0 Å². The van der Waals surface area contributed by atoms with Crippen molar-refractivity contribution in [1.29, 1.82) is 0 Å². The third-order valence-corrected chi connectivity index (χ3v) is 7.64. The van der Waals surface area contributed by atoms with E-state index >= 15 is 0 Å². The van der Waals surface area contributed by atoms with Crippen molar-refractivity contribution in [3.8, 4) is 11.5 Å². The first kappa shape index (κ1) is 28.0. The first-order valence-corrected chi connectivity index (χ1v) is 13.8. The van der Waals surface area contributed by atoms with Crippen LogP contribution in [-0.4, -0.2) is 35.6 Å². The van der Waals surface area contributed by atoms with Crippen molar-refractivity contribution in [3.05, 3.63) is 90.3 Å². The highest BCUT2D eigenvalue weighted by molar-refractivity contribution is 14.1. The van der Waals surface area contributed by atoms with Gasteiger partial charge in [-0.3, -0.25) is 19.3 Å². The second-order valence-corrected chi connectivity index (χ2v) is 11.2. The summed E-state index contributed by atoms with van der Waals surface area (Å²) in [5, 5.41) is 2.92. The average Bonchev–Trinajstić information content (AvgIpc) is 3.13. The Hall–Kier alpha value is -3.02. The first-order valence-electron chi connectivity index (χ1n) is 11.5. The minimum absolute atomic E-state index is 0.224. The molecule has 0 bridgehead atoms. The largest absolute Gasteiger partial charge is 0.493 e. The topological polar surface area (TPSA) is 84.9 Å². The van der Waals surface area contributed by atoms with Crippen LogP contribution in [-0.2, 0) is 16.2 Å². The number of nitrogens with zero attached hydrogens (tertiary/aromatic N) is 1. The molecule has 3 amide bonds. The lowest BCUT2D eigenvalue weighted by molar-refractivity contribution is -0.127. The molecule has 1 aliphatic heterocycles. The van der Waals surface area contributed by atoms with Crippen molar-refractivity contribution in [3.63, 3.8) is 0 Å². The number of anilines is 1. The molecule has 1 N–H and O–H groups in total. The summed E-state index contributed by atoms with van der Waals surface area (Å²) in [5.41, 5.74) is 4.23. The molecule has 3 aromatic rings. The van der Waals surface area contributed by atoms with E-state index < -0.39 is 17.1 Å². The Bertz CT molecular complexity index is 1440. The number of carbonyl (C=O) groups is 3. The molecular formula is C28H24ClIN2O5S. The maximum absolute atomic E-state index is 13.0. The van der Waals surface area contributed by atoms with Crippen LogP contribution in [0.1, 0.15) is 22.3 Å². The van der Waals surface area contributed by atoms with Crippen LogP contribution in [0.5, 0.6) is 11.5 Å². The number of aryl methyl sites for hydroxylation is 2. The van der Waals surface area contributed by atoms with E-state index in [4.69, 9.17) is 21.1 Å². The predicted molar refractivity (Wildman–Crippen MR) is 159 cm³/mol. The third kappa shape index (κ3) is 6.69. The van der Waals surface area contributed by atoms with Crippen LogP contribution in [0.25, 0.3) is 6.08 Å². The second kappa shape index (κ2) is 12.2. The number of benzene rings is 3. The number of halogens is 2. The van der Waals surface area contributed by atoms with Crippen molar-refractivity contribution < 1.29 is 23.9 Å². The summed E-state index contributed by atoms with van der Waals surface area (Å²) in [4.78, 5) is 39.3. The highest BCUT2D eigenvalue weighted by Gasteiger charge is 2.36. The Morgan fingerprint density at radius 1 is 1.11 bits per heavy atom. The number of amides is 3. The molecule has 38 heavy (non-hydrogen) atoms. The molecule has 0 atom stereocenters. The first-order chi connectivity index (χ1) is 18.1. The van der Waals surface area contributed by atoms with Gasteiger partial charge in [0.25, 0.3) is 11.1 Å². The van der Waals surface area contributed by atoms with Crippen molar-refractivity contribution >= 4 is 74.8 Å². The molecule has 3 aromatic carbocycles. The van der Waals surface area contributed by atoms with Crippen LogP contribution in [0.15, 0.2) is 59.5 Å². The third-order valence-electron chi connectivity index (χ3n) is 5.68. The fraction of sp³-hybridized carbons (Fsp3) is 0.179. The lowest BCUT2D eigenvalue weighted by atomic mass is 10.1. The molecule has 1 saturated heterocycles. The molecule has 0 unspecified atom stereocenters. The zero-order valence-electron chi connectivity index (χ0n) is 20.8. The van der Waals surface area contributed by atoms with E-state index in [9.17, 15) is 14.4 Å². The minimum Gasteiger partial charge on any atom is -0.493 e. The Morgan fingerprint density at radius 3 is 2.53 bits per heavy atom. The van der Waals surface area contributed by atoms with Gasteiger partial charge in [-0.2, -0.15) is 0 Å². The molecule has 0 radical (unpaired) electrons. The Morgan fingerprint density at radius 2 is 1.84 bits per heavy atom. The molecule has 0 aromatic heterocycles. The van der Waals surface area contributed by atoms with E-state index in [1.807, 2.05) is 44.2 Å². The van der Waals surface area contributed by atoms with Crippen LogP contribution >= 0.6 is 46.0 Å². The molecule has 0 aliphatic carbocycles. The number of methoxy groups -OCH3 is 1. The number of hydrogen-bond donors (Lipinski definition) is 1. The van der Waals surface area contributed by atoms with Crippen LogP contribution in [0, 0.1) is 17.4 Å². The minimum atomic E-state index is -0.521. The van der Waals surface area contributed by atoms with Gasteiger partial charge in [-0.05, 0) is 101 Å². The van der Waals surface area contributed by atoms with Crippen molar-refractivity contribution in [2.24, 2.45) is 0 Å². The number of rotatable bonds is 8.